The molecule has 108 valence electrons. The zero-order chi connectivity index (χ0) is 14.4. The molecule has 2 rings (SSSR count). The maximum Gasteiger partial charge on any atom is 0.326 e. The summed E-state index contributed by atoms with van der Waals surface area (Å²) >= 11 is 1.42. The van der Waals surface area contributed by atoms with Gasteiger partial charge < -0.3 is 10.0 Å². The lowest BCUT2D eigenvalue weighted by Crippen LogP contribution is -2.45. The number of carbonyl (C=O) groups excluding carboxylic acids is 1. The van der Waals surface area contributed by atoms with E-state index in [4.69, 9.17) is 0 Å². The summed E-state index contributed by atoms with van der Waals surface area (Å²) in [4.78, 5) is 30.0. The van der Waals surface area contributed by atoms with E-state index in [1.165, 1.54) is 16.7 Å². The van der Waals surface area contributed by atoms with Gasteiger partial charge in [-0.3, -0.25) is 9.78 Å². The molecule has 1 saturated heterocycles. The van der Waals surface area contributed by atoms with Gasteiger partial charge >= 0.3 is 5.97 Å². The van der Waals surface area contributed by atoms with Crippen LogP contribution in [0.1, 0.15) is 25.7 Å². The summed E-state index contributed by atoms with van der Waals surface area (Å²) in [5.74, 6) is -0.719. The molecule has 5 nitrogen and oxygen atoms in total. The van der Waals surface area contributed by atoms with Crippen molar-refractivity contribution in [2.45, 2.75) is 36.6 Å². The Balaban J connectivity index is 1.96. The number of aliphatic carboxylic acids is 1. The molecule has 1 N–H and O–H groups in total. The number of likely N-dealkylation sites (tertiary alicyclic amines) is 1. The molecule has 1 aliphatic heterocycles. The predicted octanol–water partition coefficient (Wildman–Crippen LogP) is 2.03. The van der Waals surface area contributed by atoms with Gasteiger partial charge in [-0.2, -0.15) is 0 Å². The van der Waals surface area contributed by atoms with Gasteiger partial charge in [0, 0.05) is 23.8 Å². The molecule has 20 heavy (non-hydrogen) atoms. The van der Waals surface area contributed by atoms with Crippen molar-refractivity contribution >= 4 is 23.6 Å². The van der Waals surface area contributed by atoms with Crippen LogP contribution < -0.4 is 0 Å². The molecule has 1 aromatic rings. The third kappa shape index (κ3) is 3.96. The second-order valence-electron chi connectivity index (χ2n) is 4.76. The van der Waals surface area contributed by atoms with Gasteiger partial charge in [-0.05, 0) is 25.0 Å². The Hall–Kier alpha value is -1.56. The normalized spacial score (nSPS) is 19.4. The fourth-order valence-corrected chi connectivity index (χ4v) is 3.10. The standard InChI is InChI=1S/C14H18N2O3S/c17-13(10-20-11-5-7-15-8-6-11)16-9-3-1-2-4-12(16)14(18)19/h5-8,12H,1-4,9-10H2,(H,18,19). The van der Waals surface area contributed by atoms with Gasteiger partial charge in [-0.25, -0.2) is 4.79 Å². The van der Waals surface area contributed by atoms with Crippen LogP contribution in [0, 0.1) is 0 Å². The number of hydrogen-bond acceptors (Lipinski definition) is 4. The molecule has 0 aliphatic carbocycles. The number of aromatic nitrogens is 1. The van der Waals surface area contributed by atoms with Crippen LogP contribution in [0.2, 0.25) is 0 Å². The molecule has 0 bridgehead atoms. The van der Waals surface area contributed by atoms with Gasteiger partial charge in [0.25, 0.3) is 0 Å². The number of carboxylic acids is 1. The Morgan fingerprint density at radius 3 is 2.75 bits per heavy atom. The van der Waals surface area contributed by atoms with Crippen molar-refractivity contribution in [3.8, 4) is 0 Å². The quantitative estimate of drug-likeness (QED) is 0.860. The fraction of sp³-hybridized carbons (Fsp3) is 0.500. The molecule has 1 amide bonds. The first-order valence-corrected chi connectivity index (χ1v) is 7.72. The van der Waals surface area contributed by atoms with Crippen LogP contribution in [-0.4, -0.2) is 45.2 Å². The number of hydrogen-bond donors (Lipinski definition) is 1. The highest BCUT2D eigenvalue weighted by atomic mass is 32.2. The minimum absolute atomic E-state index is 0.0962. The van der Waals surface area contributed by atoms with Gasteiger partial charge in [-0.15, -0.1) is 11.8 Å². The molecular weight excluding hydrogens is 276 g/mol. The second-order valence-corrected chi connectivity index (χ2v) is 5.81. The highest BCUT2D eigenvalue weighted by Crippen LogP contribution is 2.21. The average molecular weight is 294 g/mol. The number of thioether (sulfide) groups is 1. The van der Waals surface area contributed by atoms with Gasteiger partial charge in [0.15, 0.2) is 0 Å². The zero-order valence-corrected chi connectivity index (χ0v) is 12.0. The number of carboxylic acid groups (broad SMARTS) is 1. The van der Waals surface area contributed by atoms with Crippen LogP contribution in [-0.2, 0) is 9.59 Å². The Kier molecular flexibility index (Phi) is 5.40. The minimum atomic E-state index is -0.894. The lowest BCUT2D eigenvalue weighted by molar-refractivity contribution is -0.149. The Labute approximate surface area is 122 Å². The maximum absolute atomic E-state index is 12.3. The highest BCUT2D eigenvalue weighted by molar-refractivity contribution is 8.00. The van der Waals surface area contributed by atoms with Crippen LogP contribution >= 0.6 is 11.8 Å². The van der Waals surface area contributed by atoms with Gasteiger partial charge in [0.2, 0.25) is 5.91 Å². The van der Waals surface area contributed by atoms with Crippen molar-refractivity contribution < 1.29 is 14.7 Å². The Bertz CT molecular complexity index is 467. The van der Waals surface area contributed by atoms with E-state index in [9.17, 15) is 14.7 Å². The number of carbonyl (C=O) groups is 2. The topological polar surface area (TPSA) is 70.5 Å². The molecule has 0 saturated carbocycles. The predicted molar refractivity (Wildman–Crippen MR) is 76.6 cm³/mol. The number of pyridine rings is 1. The third-order valence-electron chi connectivity index (χ3n) is 3.37. The first kappa shape index (κ1) is 14.8. The van der Waals surface area contributed by atoms with E-state index < -0.39 is 12.0 Å². The molecule has 1 aromatic heterocycles. The molecule has 1 fully saturated rings. The monoisotopic (exact) mass is 294 g/mol. The molecule has 1 aliphatic rings. The summed E-state index contributed by atoms with van der Waals surface area (Å²) in [6.45, 7) is 0.548. The molecule has 0 aromatic carbocycles. The van der Waals surface area contributed by atoms with E-state index >= 15 is 0 Å². The summed E-state index contributed by atoms with van der Waals surface area (Å²) in [5, 5.41) is 9.26. The van der Waals surface area contributed by atoms with Crippen LogP contribution in [0.5, 0.6) is 0 Å². The molecule has 6 heteroatoms. The highest BCUT2D eigenvalue weighted by Gasteiger charge is 2.30. The minimum Gasteiger partial charge on any atom is -0.480 e. The SMILES string of the molecule is O=C(O)C1CCCCCN1C(=O)CSc1ccncc1. The summed E-state index contributed by atoms with van der Waals surface area (Å²) in [7, 11) is 0. The molecule has 2 heterocycles. The van der Waals surface area contributed by atoms with E-state index in [2.05, 4.69) is 4.98 Å². The number of rotatable bonds is 4. The fourth-order valence-electron chi connectivity index (χ4n) is 2.33. The van der Waals surface area contributed by atoms with Crippen LogP contribution in [0.15, 0.2) is 29.4 Å². The number of nitrogens with zero attached hydrogens (tertiary/aromatic N) is 2. The van der Waals surface area contributed by atoms with E-state index in [0.29, 0.717) is 13.0 Å². The molecule has 1 atom stereocenters. The van der Waals surface area contributed by atoms with Crippen molar-refractivity contribution in [3.05, 3.63) is 24.5 Å². The molecular formula is C14H18N2O3S. The lowest BCUT2D eigenvalue weighted by atomic mass is 10.1. The number of amides is 1. The van der Waals surface area contributed by atoms with Crippen LogP contribution in [0.4, 0.5) is 0 Å². The zero-order valence-electron chi connectivity index (χ0n) is 11.2. The van der Waals surface area contributed by atoms with E-state index in [1.54, 1.807) is 12.4 Å². The van der Waals surface area contributed by atoms with Gasteiger partial charge in [0.05, 0.1) is 5.75 Å². The van der Waals surface area contributed by atoms with Crippen LogP contribution in [0.25, 0.3) is 0 Å². The van der Waals surface area contributed by atoms with Gasteiger partial charge in [-0.1, -0.05) is 12.8 Å². The molecule has 0 spiro atoms. The van der Waals surface area contributed by atoms with E-state index in [0.717, 1.165) is 24.2 Å². The van der Waals surface area contributed by atoms with Crippen molar-refractivity contribution in [2.75, 3.05) is 12.3 Å². The third-order valence-corrected chi connectivity index (χ3v) is 4.37. The van der Waals surface area contributed by atoms with E-state index in [-0.39, 0.29) is 11.7 Å². The van der Waals surface area contributed by atoms with Crippen molar-refractivity contribution in [3.63, 3.8) is 0 Å². The lowest BCUT2D eigenvalue weighted by Gasteiger charge is -2.26. The Morgan fingerprint density at radius 1 is 1.30 bits per heavy atom. The summed E-state index contributed by atoms with van der Waals surface area (Å²) in [5.41, 5.74) is 0. The van der Waals surface area contributed by atoms with Crippen molar-refractivity contribution in [1.29, 1.82) is 0 Å². The maximum atomic E-state index is 12.3. The summed E-state index contributed by atoms with van der Waals surface area (Å²) in [6.07, 6.45) is 6.66. The summed E-state index contributed by atoms with van der Waals surface area (Å²) in [6, 6.07) is 3.02. The largest absolute Gasteiger partial charge is 0.480 e. The van der Waals surface area contributed by atoms with E-state index in [1.807, 2.05) is 12.1 Å². The van der Waals surface area contributed by atoms with Crippen molar-refractivity contribution in [2.24, 2.45) is 0 Å². The second kappa shape index (κ2) is 7.28. The molecule has 0 radical (unpaired) electrons. The van der Waals surface area contributed by atoms with Crippen LogP contribution in [0.3, 0.4) is 0 Å². The van der Waals surface area contributed by atoms with Crippen molar-refractivity contribution in [1.82, 2.24) is 9.88 Å². The van der Waals surface area contributed by atoms with Gasteiger partial charge in [0.1, 0.15) is 6.04 Å². The first-order chi connectivity index (χ1) is 9.68. The molecule has 1 unspecified atom stereocenters. The average Bonchev–Trinajstić information content (AvgIpc) is 2.71. The Morgan fingerprint density at radius 2 is 2.05 bits per heavy atom. The first-order valence-electron chi connectivity index (χ1n) is 6.73. The smallest absolute Gasteiger partial charge is 0.326 e. The summed E-state index contributed by atoms with van der Waals surface area (Å²) < 4.78 is 0.